The number of rotatable bonds is 9. The second-order valence-corrected chi connectivity index (χ2v) is 8.51. The molecule has 186 valence electrons. The van der Waals surface area contributed by atoms with Gasteiger partial charge in [0.25, 0.3) is 12.3 Å². The Kier molecular flexibility index (Phi) is 7.25. The van der Waals surface area contributed by atoms with Crippen molar-refractivity contribution in [2.24, 2.45) is 16.3 Å². The zero-order chi connectivity index (χ0) is 25.0. The average Bonchev–Trinajstić information content (AvgIpc) is 3.12. The maximum absolute atomic E-state index is 13.4. The van der Waals surface area contributed by atoms with Crippen LogP contribution in [-0.4, -0.2) is 78.2 Å². The van der Waals surface area contributed by atoms with Gasteiger partial charge in [-0.05, 0) is 24.3 Å². The molecule has 0 bridgehead atoms. The van der Waals surface area contributed by atoms with Crippen LogP contribution in [0.25, 0.3) is 0 Å². The van der Waals surface area contributed by atoms with Gasteiger partial charge in [-0.25, -0.2) is 13.8 Å². The summed E-state index contributed by atoms with van der Waals surface area (Å²) in [5.74, 6) is 0.153. The van der Waals surface area contributed by atoms with Crippen molar-refractivity contribution in [2.45, 2.75) is 25.3 Å². The number of nitrogens with zero attached hydrogens (tertiary/aromatic N) is 4. The lowest BCUT2D eigenvalue weighted by molar-refractivity contribution is -0.142. The number of nitrogens with two attached hydrogens (primary N) is 1. The van der Waals surface area contributed by atoms with E-state index < -0.39 is 36.2 Å². The van der Waals surface area contributed by atoms with Gasteiger partial charge in [0, 0.05) is 43.9 Å². The number of carbonyl (C=O) groups excluding carboxylic acids is 2. The number of hydrogen-bond donors (Lipinski definition) is 1. The number of aromatic nitrogens is 1. The highest BCUT2D eigenvalue weighted by atomic mass is 19.3. The molecule has 1 saturated heterocycles. The first-order chi connectivity index (χ1) is 16.8. The van der Waals surface area contributed by atoms with Crippen molar-refractivity contribution < 1.29 is 27.8 Å². The molecule has 0 radical (unpaired) electrons. The number of piperidine rings is 1. The number of methoxy groups -OCH3 is 1. The van der Waals surface area contributed by atoms with Crippen LogP contribution in [-0.2, 0) is 16.0 Å². The summed E-state index contributed by atoms with van der Waals surface area (Å²) >= 11 is 0. The van der Waals surface area contributed by atoms with Gasteiger partial charge < -0.3 is 20.1 Å². The predicted octanol–water partition coefficient (Wildman–Crippen LogP) is 1.72. The van der Waals surface area contributed by atoms with Crippen LogP contribution >= 0.6 is 0 Å². The average molecular weight is 488 g/mol. The van der Waals surface area contributed by atoms with Crippen LogP contribution in [0.1, 0.15) is 12.1 Å². The topological polar surface area (TPSA) is 110 Å². The molecule has 1 aromatic heterocycles. The van der Waals surface area contributed by atoms with Crippen molar-refractivity contribution in [2.75, 3.05) is 33.4 Å². The summed E-state index contributed by atoms with van der Waals surface area (Å²) in [6, 6.07) is 11.2. The van der Waals surface area contributed by atoms with Crippen LogP contribution in [0.3, 0.4) is 0 Å². The summed E-state index contributed by atoms with van der Waals surface area (Å²) in [4.78, 5) is 32.3. The summed E-state index contributed by atoms with van der Waals surface area (Å²) in [5, 5.41) is 5.04. The van der Waals surface area contributed by atoms with E-state index >= 15 is 0 Å². The molecule has 2 amide bonds. The number of halogens is 2. The fourth-order valence-corrected chi connectivity index (χ4v) is 4.42. The van der Waals surface area contributed by atoms with Gasteiger partial charge in [0.05, 0.1) is 12.8 Å². The third-order valence-electron chi connectivity index (χ3n) is 6.14. The zero-order valence-electron chi connectivity index (χ0n) is 19.3. The van der Waals surface area contributed by atoms with Gasteiger partial charge in [0.2, 0.25) is 5.91 Å². The van der Waals surface area contributed by atoms with Gasteiger partial charge >= 0.3 is 0 Å². The molecule has 3 heterocycles. The van der Waals surface area contributed by atoms with Gasteiger partial charge in [-0.1, -0.05) is 12.1 Å². The molecule has 0 saturated carbocycles. The molecule has 0 aliphatic carbocycles. The first kappa shape index (κ1) is 24.5. The van der Waals surface area contributed by atoms with Gasteiger partial charge in [-0.15, -0.1) is 0 Å². The number of amides is 2. The van der Waals surface area contributed by atoms with Crippen LogP contribution in [0.2, 0.25) is 0 Å². The molecule has 2 aliphatic heterocycles. The Morgan fingerprint density at radius 3 is 2.74 bits per heavy atom. The number of alkyl halides is 2. The number of hydrazone groups is 1. The van der Waals surface area contributed by atoms with Crippen molar-refractivity contribution in [3.05, 3.63) is 54.4 Å². The minimum absolute atomic E-state index is 0.0212. The normalized spacial score (nSPS) is 20.5. The highest BCUT2D eigenvalue weighted by Gasteiger charge is 2.55. The number of likely N-dealkylation sites (tertiary alicyclic amines) is 1. The molecule has 2 aliphatic rings. The van der Waals surface area contributed by atoms with Crippen LogP contribution in [0.15, 0.2) is 53.8 Å². The number of carbonyl (C=O) groups is 2. The van der Waals surface area contributed by atoms with Crippen molar-refractivity contribution in [1.29, 1.82) is 0 Å². The molecule has 2 aromatic rings. The Labute approximate surface area is 201 Å². The first-order valence-electron chi connectivity index (χ1n) is 11.2. The van der Waals surface area contributed by atoms with Crippen molar-refractivity contribution in [3.8, 4) is 11.5 Å². The van der Waals surface area contributed by atoms with E-state index in [-0.39, 0.29) is 32.5 Å². The molecule has 35 heavy (non-hydrogen) atoms. The molecule has 2 atom stereocenters. The smallest absolute Gasteiger partial charge is 0.258 e. The van der Waals surface area contributed by atoms with Gasteiger partial charge in [0.1, 0.15) is 36.1 Å². The van der Waals surface area contributed by atoms with Crippen molar-refractivity contribution in [1.82, 2.24) is 14.9 Å². The lowest BCUT2D eigenvalue weighted by Crippen LogP contribution is -2.59. The minimum Gasteiger partial charge on any atom is -0.497 e. The van der Waals surface area contributed by atoms with E-state index in [4.69, 9.17) is 15.2 Å². The second-order valence-electron chi connectivity index (χ2n) is 8.51. The van der Waals surface area contributed by atoms with E-state index in [1.165, 1.54) is 12.0 Å². The Morgan fingerprint density at radius 2 is 2.03 bits per heavy atom. The van der Waals surface area contributed by atoms with Gasteiger partial charge in [0.15, 0.2) is 0 Å². The van der Waals surface area contributed by atoms with E-state index in [0.29, 0.717) is 22.9 Å². The van der Waals surface area contributed by atoms with Crippen molar-refractivity contribution in [3.63, 3.8) is 0 Å². The highest BCUT2D eigenvalue weighted by molar-refractivity contribution is 6.13. The highest BCUT2D eigenvalue weighted by Crippen LogP contribution is 2.38. The zero-order valence-corrected chi connectivity index (χ0v) is 19.3. The minimum atomic E-state index is -2.73. The second kappa shape index (κ2) is 10.3. The third kappa shape index (κ3) is 5.24. The fourth-order valence-electron chi connectivity index (χ4n) is 4.42. The molecule has 9 nitrogen and oxygen atoms in total. The number of ether oxygens (including phenoxy) is 2. The Balaban J connectivity index is 1.50. The monoisotopic (exact) mass is 487 g/mol. The molecule has 2 N–H and O–H groups in total. The van der Waals surface area contributed by atoms with Crippen molar-refractivity contribution >= 4 is 17.5 Å². The van der Waals surface area contributed by atoms with E-state index in [1.807, 2.05) is 0 Å². The lowest BCUT2D eigenvalue weighted by atomic mass is 9.74. The first-order valence-corrected chi connectivity index (χ1v) is 11.2. The number of fused-ring (bicyclic) bond motifs is 1. The van der Waals surface area contributed by atoms with Crippen LogP contribution < -0.4 is 15.2 Å². The molecule has 1 aromatic carbocycles. The Morgan fingerprint density at radius 1 is 1.23 bits per heavy atom. The summed E-state index contributed by atoms with van der Waals surface area (Å²) in [7, 11) is 1.54. The summed E-state index contributed by atoms with van der Waals surface area (Å²) in [6.07, 6.45) is -0.718. The lowest BCUT2D eigenvalue weighted by Gasteiger charge is -2.40. The van der Waals surface area contributed by atoms with E-state index in [2.05, 4.69) is 10.1 Å². The largest absolute Gasteiger partial charge is 0.497 e. The molecule has 0 spiro atoms. The SMILES string of the molecule is COc1cccc(OCC(N)C(=O)N2CCC3=NN(CC(F)F)C(=O)C3(Cc3ccccn3)C2)c1. The summed E-state index contributed by atoms with van der Waals surface area (Å²) < 4.78 is 37.0. The Bertz CT molecular complexity index is 1100. The van der Waals surface area contributed by atoms with E-state index in [1.54, 1.807) is 48.7 Å². The van der Waals surface area contributed by atoms with Crippen LogP contribution in [0, 0.1) is 5.41 Å². The quantitative estimate of drug-likeness (QED) is 0.577. The van der Waals surface area contributed by atoms with Crippen LogP contribution in [0.4, 0.5) is 8.78 Å². The molecular formula is C24H27F2N5O4. The Hall–Kier alpha value is -3.60. The van der Waals surface area contributed by atoms with E-state index in [9.17, 15) is 18.4 Å². The maximum Gasteiger partial charge on any atom is 0.258 e. The molecule has 1 fully saturated rings. The molecule has 4 rings (SSSR count). The number of benzene rings is 1. The van der Waals surface area contributed by atoms with Crippen LogP contribution in [0.5, 0.6) is 11.5 Å². The molecule has 2 unspecified atom stereocenters. The molecular weight excluding hydrogens is 460 g/mol. The summed E-state index contributed by atoms with van der Waals surface area (Å²) in [6.45, 7) is -0.632. The van der Waals surface area contributed by atoms with Gasteiger partial charge in [-0.3, -0.25) is 14.6 Å². The van der Waals surface area contributed by atoms with Gasteiger partial charge in [-0.2, -0.15) is 5.10 Å². The fraction of sp³-hybridized carbons (Fsp3) is 0.417. The maximum atomic E-state index is 13.4. The summed E-state index contributed by atoms with van der Waals surface area (Å²) in [5.41, 5.74) is 5.97. The molecule has 11 heteroatoms. The van der Waals surface area contributed by atoms with E-state index in [0.717, 1.165) is 5.01 Å². The number of pyridine rings is 1. The number of hydrogen-bond acceptors (Lipinski definition) is 7. The predicted molar refractivity (Wildman–Crippen MR) is 123 cm³/mol. The standard InChI is InChI=1S/C24H27F2N5O4/c1-34-17-6-4-7-18(11-17)35-14-19(27)22(32)30-10-8-20-24(15-30,12-16-5-2-3-9-28-16)23(33)31(29-20)13-21(25)26/h2-7,9,11,19,21H,8,10,12-15,27H2,1H3. The third-order valence-corrected chi connectivity index (χ3v) is 6.14.